The summed E-state index contributed by atoms with van der Waals surface area (Å²) in [4.78, 5) is 114. The zero-order valence-corrected chi connectivity index (χ0v) is 29.7. The number of carboxylic acids is 2. The minimum Gasteiger partial charge on any atom is -0.481 e. The van der Waals surface area contributed by atoms with Gasteiger partial charge in [0.1, 0.15) is 17.9 Å². The van der Waals surface area contributed by atoms with Crippen molar-refractivity contribution in [3.63, 3.8) is 0 Å². The molecule has 0 radical (unpaired) electrons. The summed E-state index contributed by atoms with van der Waals surface area (Å²) in [6.07, 6.45) is -0.967. The van der Waals surface area contributed by atoms with E-state index >= 15 is 0 Å². The molecule has 0 heterocycles. The summed E-state index contributed by atoms with van der Waals surface area (Å²) in [7, 11) is 0. The number of hydrogen-bond acceptors (Lipinski definition) is 11. The number of carboxylic acid groups (broad SMARTS) is 2. The normalized spacial score (nSPS) is 13.4. The Morgan fingerprint density at radius 1 is 0.654 bits per heavy atom. The van der Waals surface area contributed by atoms with Crippen molar-refractivity contribution in [2.75, 3.05) is 13.1 Å². The van der Waals surface area contributed by atoms with E-state index in [1.54, 1.807) is 6.92 Å². The molecule has 0 rings (SSSR count). The molecule has 0 aromatic heterocycles. The minimum atomic E-state index is -1.34. The summed E-state index contributed by atoms with van der Waals surface area (Å²) in [5.74, 6) is -8.19. The molecule has 20 nitrogen and oxygen atoms in total. The van der Waals surface area contributed by atoms with Gasteiger partial charge < -0.3 is 53.5 Å². The van der Waals surface area contributed by atoms with E-state index in [9.17, 15) is 43.2 Å². The van der Waals surface area contributed by atoms with Crippen molar-refractivity contribution in [2.24, 2.45) is 28.1 Å². The molecule has 4 unspecified atom stereocenters. The lowest BCUT2D eigenvalue weighted by atomic mass is 9.94. The first kappa shape index (κ1) is 46.6. The molecule has 52 heavy (non-hydrogen) atoms. The Bertz CT molecular complexity index is 1330. The van der Waals surface area contributed by atoms with Gasteiger partial charge in [-0.3, -0.25) is 48.8 Å². The molecular formula is C32H53N9O11. The molecule has 5 amide bonds. The van der Waals surface area contributed by atoms with Crippen LogP contribution in [-0.4, -0.2) is 106 Å². The van der Waals surface area contributed by atoms with Crippen molar-refractivity contribution >= 4 is 64.7 Å². The Balaban J connectivity index is 5.39. The van der Waals surface area contributed by atoms with Crippen molar-refractivity contribution in [2.45, 2.75) is 115 Å². The molecule has 0 aromatic rings. The van der Waals surface area contributed by atoms with Gasteiger partial charge in [0.05, 0.1) is 24.3 Å². The maximum absolute atomic E-state index is 13.1. The molecule has 0 spiro atoms. The number of aliphatic carboxylic acids is 2. The van der Waals surface area contributed by atoms with Crippen LogP contribution >= 0.6 is 0 Å². The number of amides is 5. The molecule has 0 saturated carbocycles. The van der Waals surface area contributed by atoms with E-state index in [2.05, 4.69) is 26.3 Å². The van der Waals surface area contributed by atoms with E-state index in [1.807, 2.05) is 0 Å². The quantitative estimate of drug-likeness (QED) is 0.0234. The summed E-state index contributed by atoms with van der Waals surface area (Å²) < 4.78 is 0. The van der Waals surface area contributed by atoms with Crippen LogP contribution in [0.25, 0.3) is 0 Å². The molecule has 0 aromatic carbocycles. The zero-order valence-electron chi connectivity index (χ0n) is 29.7. The van der Waals surface area contributed by atoms with Crippen molar-refractivity contribution in [1.82, 2.24) is 21.3 Å². The van der Waals surface area contributed by atoms with Crippen LogP contribution in [0.2, 0.25) is 0 Å². The van der Waals surface area contributed by atoms with Gasteiger partial charge in [-0.05, 0) is 52.4 Å². The number of primary amides is 1. The van der Waals surface area contributed by atoms with E-state index in [4.69, 9.17) is 32.8 Å². The fourth-order valence-corrected chi connectivity index (χ4v) is 4.81. The van der Waals surface area contributed by atoms with Gasteiger partial charge in [0.2, 0.25) is 29.5 Å². The van der Waals surface area contributed by atoms with Crippen molar-refractivity contribution < 1.29 is 53.4 Å². The largest absolute Gasteiger partial charge is 0.481 e. The number of hydrogen-bond donors (Lipinski definition) is 10. The highest BCUT2D eigenvalue weighted by atomic mass is 16.4. The molecule has 0 fully saturated rings. The van der Waals surface area contributed by atoms with E-state index in [0.29, 0.717) is 31.6 Å². The van der Waals surface area contributed by atoms with Crippen molar-refractivity contribution in [1.29, 1.82) is 5.41 Å². The summed E-state index contributed by atoms with van der Waals surface area (Å²) in [5, 5.41) is 35.1. The number of Topliss-reactive ketones (excluding diaryl/α,β-unsaturated/α-hetero) is 2. The molecule has 20 heteroatoms. The molecule has 0 bridgehead atoms. The van der Waals surface area contributed by atoms with Gasteiger partial charge in [0.15, 0.2) is 5.78 Å². The average Bonchev–Trinajstić information content (AvgIpc) is 3.04. The van der Waals surface area contributed by atoms with E-state index < -0.39 is 109 Å². The van der Waals surface area contributed by atoms with Crippen LogP contribution in [0.1, 0.15) is 97.3 Å². The van der Waals surface area contributed by atoms with Crippen molar-refractivity contribution in [3.05, 3.63) is 0 Å². The summed E-state index contributed by atoms with van der Waals surface area (Å²) in [6.45, 7) is 2.50. The first-order valence-corrected chi connectivity index (χ1v) is 16.8. The number of amidine groups is 2. The third-order valence-electron chi connectivity index (χ3n) is 7.52. The first-order chi connectivity index (χ1) is 24.3. The number of nitrogens with two attached hydrogens (primary N) is 3. The number of unbranched alkanes of at least 4 members (excludes halogenated alkanes) is 1. The van der Waals surface area contributed by atoms with Crippen LogP contribution in [0.3, 0.4) is 0 Å². The van der Waals surface area contributed by atoms with Gasteiger partial charge in [-0.1, -0.05) is 6.42 Å². The number of carbonyl (C=O) groups excluding carboxylic acids is 7. The Kier molecular flexibility index (Phi) is 22.8. The maximum Gasteiger partial charge on any atom is 0.303 e. The second-order valence-corrected chi connectivity index (χ2v) is 12.3. The predicted octanol–water partition coefficient (Wildman–Crippen LogP) is -1.63. The highest BCUT2D eigenvalue weighted by molar-refractivity contribution is 5.95. The molecule has 4 atom stereocenters. The standard InChI is InChI=1S/C32H53N9O11/c1-18(42)16-20(9-13-28(46)47)31(51)40-21(10-14-29(48)49)24(43)11-12-26(44)38-17-27(45)39-23(6-3-4-8-25(34)35)32(52)41-22(30(36)50)7-5-15-37-19(2)33/h20-23H,3-17H2,1-2H3,(H2,33,37)(H3,34,35)(H2,36,50)(H,38,44)(H,39,45)(H,40,51)(H,41,52)(H,46,47)(H,48,49). The lowest BCUT2D eigenvalue weighted by Crippen LogP contribution is -2.54. The van der Waals surface area contributed by atoms with Gasteiger partial charge in [0.25, 0.3) is 0 Å². The Labute approximate surface area is 301 Å². The van der Waals surface area contributed by atoms with Gasteiger partial charge in [-0.15, -0.1) is 0 Å². The number of aliphatic imine (C=N–C) groups is 1. The highest BCUT2D eigenvalue weighted by Crippen LogP contribution is 2.15. The van der Waals surface area contributed by atoms with E-state index in [0.717, 1.165) is 0 Å². The number of nitrogens with one attached hydrogen (secondary N) is 5. The van der Waals surface area contributed by atoms with Crippen LogP contribution in [0.4, 0.5) is 0 Å². The van der Waals surface area contributed by atoms with Crippen LogP contribution < -0.4 is 38.5 Å². The molecule has 0 aliphatic rings. The van der Waals surface area contributed by atoms with E-state index in [1.165, 1.54) is 6.92 Å². The molecule has 0 aliphatic carbocycles. The van der Waals surface area contributed by atoms with Crippen molar-refractivity contribution in [3.8, 4) is 0 Å². The fourth-order valence-electron chi connectivity index (χ4n) is 4.81. The average molecular weight is 740 g/mol. The number of nitrogens with zero attached hydrogens (tertiary/aromatic N) is 1. The van der Waals surface area contributed by atoms with Crippen LogP contribution in [-0.2, 0) is 43.2 Å². The summed E-state index contributed by atoms with van der Waals surface area (Å²) >= 11 is 0. The number of rotatable bonds is 29. The van der Waals surface area contributed by atoms with Crippen LogP contribution in [0, 0.1) is 11.3 Å². The fraction of sp³-hybridized carbons (Fsp3) is 0.656. The lowest BCUT2D eigenvalue weighted by molar-refractivity contribution is -0.140. The Hall–Kier alpha value is -5.43. The van der Waals surface area contributed by atoms with Crippen LogP contribution in [0.5, 0.6) is 0 Å². The summed E-state index contributed by atoms with van der Waals surface area (Å²) in [5.41, 5.74) is 16.3. The first-order valence-electron chi connectivity index (χ1n) is 16.8. The van der Waals surface area contributed by atoms with E-state index in [-0.39, 0.29) is 44.4 Å². The minimum absolute atomic E-state index is 0.0566. The van der Waals surface area contributed by atoms with Gasteiger partial charge >= 0.3 is 11.9 Å². The lowest BCUT2D eigenvalue weighted by Gasteiger charge is -2.22. The second kappa shape index (κ2) is 25.5. The van der Waals surface area contributed by atoms with Gasteiger partial charge in [0, 0.05) is 51.0 Å². The summed E-state index contributed by atoms with van der Waals surface area (Å²) in [6, 6.07) is -3.56. The van der Waals surface area contributed by atoms with Gasteiger partial charge in [-0.2, -0.15) is 0 Å². The second-order valence-electron chi connectivity index (χ2n) is 12.3. The topological polar surface area (TPSA) is 356 Å². The number of ketones is 2. The monoisotopic (exact) mass is 739 g/mol. The maximum atomic E-state index is 13.1. The highest BCUT2D eigenvalue weighted by Gasteiger charge is 2.28. The molecule has 13 N–H and O–H groups in total. The smallest absolute Gasteiger partial charge is 0.303 e. The third kappa shape index (κ3) is 23.1. The Morgan fingerprint density at radius 2 is 1.25 bits per heavy atom. The van der Waals surface area contributed by atoms with Gasteiger partial charge in [-0.25, -0.2) is 0 Å². The Morgan fingerprint density at radius 3 is 1.81 bits per heavy atom. The predicted molar refractivity (Wildman–Crippen MR) is 187 cm³/mol. The number of carbonyl (C=O) groups is 9. The zero-order chi connectivity index (χ0) is 39.8. The molecular weight excluding hydrogens is 686 g/mol. The molecule has 0 aliphatic heterocycles. The molecule has 292 valence electrons. The SMILES string of the molecule is CC(=O)CC(CCC(=O)O)C(=O)NC(CCC(=O)O)C(=O)CCC(=O)NCC(=O)NC(CCCCC(=N)N)C(=O)NC(CCCN=C(C)N)C(N)=O. The van der Waals surface area contributed by atoms with Crippen LogP contribution in [0.15, 0.2) is 4.99 Å². The molecule has 0 saturated heterocycles. The third-order valence-corrected chi connectivity index (χ3v) is 7.52.